The lowest BCUT2D eigenvalue weighted by Crippen LogP contribution is -2.52. The molecule has 0 radical (unpaired) electrons. The normalized spacial score (nSPS) is 42.2. The fourth-order valence-electron chi connectivity index (χ4n) is 2.79. The Morgan fingerprint density at radius 1 is 1.37 bits per heavy atom. The minimum atomic E-state index is -0.549. The van der Waals surface area contributed by atoms with Gasteiger partial charge >= 0.3 is 5.97 Å². The standard InChI is InChI=1S/C14H24O5/c1-8-10(18-12(16)13(2,3)4)11(17-5)19-14(8)6-9(15)7-14/h8-11,15H,6-7H2,1-5H3/t8-,9?,10?,11+,14?/m0/s1. The summed E-state index contributed by atoms with van der Waals surface area (Å²) in [5, 5.41) is 9.52. The topological polar surface area (TPSA) is 65.0 Å². The van der Waals surface area contributed by atoms with Gasteiger partial charge in [-0.3, -0.25) is 4.79 Å². The van der Waals surface area contributed by atoms with Gasteiger partial charge in [0.2, 0.25) is 0 Å². The van der Waals surface area contributed by atoms with Crippen LogP contribution in [0.5, 0.6) is 0 Å². The van der Waals surface area contributed by atoms with E-state index in [0.717, 1.165) is 0 Å². The minimum absolute atomic E-state index is 0.0205. The lowest BCUT2D eigenvalue weighted by atomic mass is 9.69. The summed E-state index contributed by atoms with van der Waals surface area (Å²) in [6.45, 7) is 7.45. The molecule has 1 aliphatic heterocycles. The van der Waals surface area contributed by atoms with E-state index in [9.17, 15) is 9.90 Å². The third-order valence-electron chi connectivity index (χ3n) is 4.19. The number of carbonyl (C=O) groups is 1. The second-order valence-corrected chi connectivity index (χ2v) is 6.76. The quantitative estimate of drug-likeness (QED) is 0.771. The predicted octanol–water partition coefficient (Wildman–Crippen LogP) is 1.48. The summed E-state index contributed by atoms with van der Waals surface area (Å²) < 4.78 is 16.8. The number of rotatable bonds is 2. The minimum Gasteiger partial charge on any atom is -0.456 e. The highest BCUT2D eigenvalue weighted by atomic mass is 16.7. The highest BCUT2D eigenvalue weighted by Crippen LogP contribution is 2.50. The van der Waals surface area contributed by atoms with Gasteiger partial charge in [-0.05, 0) is 20.8 Å². The molecule has 5 nitrogen and oxygen atoms in total. The van der Waals surface area contributed by atoms with Gasteiger partial charge in [-0.25, -0.2) is 0 Å². The molecule has 1 unspecified atom stereocenters. The fourth-order valence-corrected chi connectivity index (χ4v) is 2.79. The van der Waals surface area contributed by atoms with E-state index in [0.29, 0.717) is 12.8 Å². The second kappa shape index (κ2) is 4.72. The zero-order valence-electron chi connectivity index (χ0n) is 12.3. The molecular formula is C14H24O5. The summed E-state index contributed by atoms with van der Waals surface area (Å²) in [7, 11) is 1.55. The largest absolute Gasteiger partial charge is 0.456 e. The Bertz CT molecular complexity index is 353. The third-order valence-corrected chi connectivity index (χ3v) is 4.19. The Morgan fingerprint density at radius 3 is 2.37 bits per heavy atom. The van der Waals surface area contributed by atoms with Crippen molar-refractivity contribution in [1.29, 1.82) is 0 Å². The van der Waals surface area contributed by atoms with Gasteiger partial charge in [0.15, 0.2) is 12.4 Å². The van der Waals surface area contributed by atoms with Crippen LogP contribution in [-0.4, -0.2) is 42.3 Å². The lowest BCUT2D eigenvalue weighted by Gasteiger charge is -2.44. The maximum atomic E-state index is 12.0. The van der Waals surface area contributed by atoms with Crippen molar-refractivity contribution in [2.75, 3.05) is 7.11 Å². The number of aliphatic hydroxyl groups excluding tert-OH is 1. The Kier molecular flexibility index (Phi) is 3.66. The van der Waals surface area contributed by atoms with Gasteiger partial charge in [0.1, 0.15) is 0 Å². The van der Waals surface area contributed by atoms with Crippen LogP contribution >= 0.6 is 0 Å². The molecule has 0 aromatic rings. The highest BCUT2D eigenvalue weighted by molar-refractivity contribution is 5.75. The summed E-state index contributed by atoms with van der Waals surface area (Å²) in [4.78, 5) is 12.0. The van der Waals surface area contributed by atoms with Crippen molar-refractivity contribution in [3.05, 3.63) is 0 Å². The summed E-state index contributed by atoms with van der Waals surface area (Å²) >= 11 is 0. The fraction of sp³-hybridized carbons (Fsp3) is 0.929. The van der Waals surface area contributed by atoms with Gasteiger partial charge in [-0.1, -0.05) is 6.92 Å². The number of esters is 1. The Morgan fingerprint density at radius 2 is 1.95 bits per heavy atom. The van der Waals surface area contributed by atoms with E-state index in [1.807, 2.05) is 27.7 Å². The molecule has 0 bridgehead atoms. The summed E-state index contributed by atoms with van der Waals surface area (Å²) in [6.07, 6.45) is -0.120. The molecule has 5 heteroatoms. The summed E-state index contributed by atoms with van der Waals surface area (Å²) in [6, 6.07) is 0. The average Bonchev–Trinajstić information content (AvgIpc) is 2.52. The number of aliphatic hydroxyl groups is 1. The number of carbonyl (C=O) groups excluding carboxylic acids is 1. The summed E-state index contributed by atoms with van der Waals surface area (Å²) in [5.41, 5.74) is -0.949. The maximum Gasteiger partial charge on any atom is 0.311 e. The molecule has 0 aromatic carbocycles. The molecule has 1 heterocycles. The molecule has 2 rings (SSSR count). The molecule has 3 atom stereocenters. The predicted molar refractivity (Wildman–Crippen MR) is 68.4 cm³/mol. The molecule has 1 saturated carbocycles. The van der Waals surface area contributed by atoms with E-state index in [2.05, 4.69) is 0 Å². The van der Waals surface area contributed by atoms with Gasteiger partial charge in [0.05, 0.1) is 17.1 Å². The van der Waals surface area contributed by atoms with E-state index in [-0.39, 0.29) is 18.0 Å². The van der Waals surface area contributed by atoms with Crippen LogP contribution in [0.2, 0.25) is 0 Å². The Hall–Kier alpha value is -0.650. The molecule has 2 fully saturated rings. The van der Waals surface area contributed by atoms with Crippen LogP contribution in [0, 0.1) is 11.3 Å². The number of ether oxygens (including phenoxy) is 3. The van der Waals surface area contributed by atoms with Gasteiger partial charge < -0.3 is 19.3 Å². The molecule has 110 valence electrons. The number of hydrogen-bond donors (Lipinski definition) is 1. The van der Waals surface area contributed by atoms with Gasteiger partial charge in [0.25, 0.3) is 0 Å². The van der Waals surface area contributed by atoms with E-state index in [1.54, 1.807) is 7.11 Å². The monoisotopic (exact) mass is 272 g/mol. The molecule has 2 aliphatic rings. The first-order valence-electron chi connectivity index (χ1n) is 6.79. The van der Waals surface area contributed by atoms with Crippen LogP contribution in [0.25, 0.3) is 0 Å². The van der Waals surface area contributed by atoms with E-state index in [4.69, 9.17) is 14.2 Å². The van der Waals surface area contributed by atoms with Crippen LogP contribution < -0.4 is 0 Å². The zero-order valence-corrected chi connectivity index (χ0v) is 12.3. The maximum absolute atomic E-state index is 12.0. The lowest BCUT2D eigenvalue weighted by molar-refractivity contribution is -0.222. The van der Waals surface area contributed by atoms with Gasteiger partial charge in [-0.15, -0.1) is 0 Å². The van der Waals surface area contributed by atoms with E-state index >= 15 is 0 Å². The Labute approximate surface area is 114 Å². The van der Waals surface area contributed by atoms with Crippen molar-refractivity contribution >= 4 is 5.97 Å². The van der Waals surface area contributed by atoms with Crippen LogP contribution in [0.3, 0.4) is 0 Å². The number of hydrogen-bond acceptors (Lipinski definition) is 5. The zero-order chi connectivity index (χ0) is 14.4. The average molecular weight is 272 g/mol. The molecule has 19 heavy (non-hydrogen) atoms. The highest BCUT2D eigenvalue weighted by Gasteiger charge is 2.60. The van der Waals surface area contributed by atoms with Gasteiger partial charge in [-0.2, -0.15) is 0 Å². The first kappa shape index (κ1) is 14.8. The molecule has 0 amide bonds. The first-order chi connectivity index (χ1) is 8.69. The molecule has 1 saturated heterocycles. The van der Waals surface area contributed by atoms with Crippen molar-refractivity contribution in [1.82, 2.24) is 0 Å². The van der Waals surface area contributed by atoms with Crippen LogP contribution in [0.4, 0.5) is 0 Å². The van der Waals surface area contributed by atoms with Crippen molar-refractivity contribution in [2.45, 2.75) is 64.6 Å². The van der Waals surface area contributed by atoms with Crippen LogP contribution in [0.15, 0.2) is 0 Å². The molecule has 1 aliphatic carbocycles. The summed E-state index contributed by atoms with van der Waals surface area (Å²) in [5.74, 6) is -0.237. The van der Waals surface area contributed by atoms with Gasteiger partial charge in [0, 0.05) is 25.9 Å². The smallest absolute Gasteiger partial charge is 0.311 e. The number of methoxy groups -OCH3 is 1. The Balaban J connectivity index is 2.09. The van der Waals surface area contributed by atoms with Crippen LogP contribution in [0.1, 0.15) is 40.5 Å². The molecule has 1 spiro atoms. The second-order valence-electron chi connectivity index (χ2n) is 6.76. The SMILES string of the molecule is CO[C@@H]1OC2(CC(O)C2)[C@@H](C)C1OC(=O)C(C)(C)C. The molecular weight excluding hydrogens is 248 g/mol. The van der Waals surface area contributed by atoms with Crippen molar-refractivity contribution in [3.63, 3.8) is 0 Å². The van der Waals surface area contributed by atoms with Crippen molar-refractivity contribution in [3.8, 4) is 0 Å². The van der Waals surface area contributed by atoms with Crippen molar-refractivity contribution in [2.24, 2.45) is 11.3 Å². The van der Waals surface area contributed by atoms with Crippen LogP contribution in [-0.2, 0) is 19.0 Å². The molecule has 1 N–H and O–H groups in total. The molecule has 0 aromatic heterocycles. The van der Waals surface area contributed by atoms with Crippen molar-refractivity contribution < 1.29 is 24.1 Å². The third kappa shape index (κ3) is 2.51. The van der Waals surface area contributed by atoms with E-state index < -0.39 is 23.4 Å². The first-order valence-corrected chi connectivity index (χ1v) is 6.79. The van der Waals surface area contributed by atoms with E-state index in [1.165, 1.54) is 0 Å².